The minimum Gasteiger partial charge on any atom is -0.368 e. The Hall–Kier alpha value is -3.30. The summed E-state index contributed by atoms with van der Waals surface area (Å²) in [5.41, 5.74) is 15.2. The summed E-state index contributed by atoms with van der Waals surface area (Å²) in [5, 5.41) is 0.562. The fourth-order valence-corrected chi connectivity index (χ4v) is 3.05. The molecule has 2 heterocycles. The van der Waals surface area contributed by atoms with Crippen molar-refractivity contribution in [3.8, 4) is 34.5 Å². The summed E-state index contributed by atoms with van der Waals surface area (Å²) in [4.78, 5) is 20.8. The van der Waals surface area contributed by atoms with Crippen molar-refractivity contribution in [1.29, 1.82) is 0 Å². The zero-order chi connectivity index (χ0) is 21.3. The first-order chi connectivity index (χ1) is 13.6. The van der Waals surface area contributed by atoms with Gasteiger partial charge < -0.3 is 11.5 Å². The lowest BCUT2D eigenvalue weighted by Gasteiger charge is -2.13. The van der Waals surface area contributed by atoms with E-state index in [1.54, 1.807) is 30.5 Å². The number of nitrogen functional groups attached to an aromatic ring is 1. The molecule has 0 bridgehead atoms. The summed E-state index contributed by atoms with van der Waals surface area (Å²) >= 11 is 6.17. The van der Waals surface area contributed by atoms with Gasteiger partial charge in [-0.15, -0.1) is 0 Å². The van der Waals surface area contributed by atoms with Crippen LogP contribution in [0, 0.1) is 24.2 Å². The summed E-state index contributed by atoms with van der Waals surface area (Å²) in [7, 11) is 0. The highest BCUT2D eigenvalue weighted by molar-refractivity contribution is 6.30. The maximum atomic E-state index is 12.4. The molecule has 0 aliphatic carbocycles. The molecular formula is C22H22ClN5O. The number of nitrogens with zero attached hydrogens (tertiary/aromatic N) is 3. The van der Waals surface area contributed by atoms with Crippen molar-refractivity contribution < 1.29 is 4.79 Å². The van der Waals surface area contributed by atoms with E-state index in [1.807, 2.05) is 33.8 Å². The first-order valence-corrected chi connectivity index (χ1v) is 9.39. The van der Waals surface area contributed by atoms with Crippen LogP contribution in [0.4, 0.5) is 10.7 Å². The Bertz CT molecular complexity index is 1160. The fourth-order valence-electron chi connectivity index (χ4n) is 2.88. The Kier molecular flexibility index (Phi) is 5.36. The number of aryl methyl sites for hydroxylation is 1. The molecule has 1 amide bonds. The summed E-state index contributed by atoms with van der Waals surface area (Å²) in [6.07, 6.45) is 1.55. The monoisotopic (exact) mass is 407 g/mol. The van der Waals surface area contributed by atoms with Gasteiger partial charge in [-0.1, -0.05) is 29.5 Å². The number of carbonyl (C=O) groups excluding carboxylic acids is 1. The number of aromatic nitrogens is 3. The first-order valence-electron chi connectivity index (χ1n) is 9.01. The molecule has 0 aliphatic heterocycles. The molecular weight excluding hydrogens is 386 g/mol. The molecule has 0 spiro atoms. The molecule has 0 aliphatic rings. The van der Waals surface area contributed by atoms with E-state index in [4.69, 9.17) is 23.1 Å². The number of benzene rings is 1. The Morgan fingerprint density at radius 3 is 2.52 bits per heavy atom. The standard InChI is InChI=1S/C22H22ClN5O/c1-13-5-6-15(23)11-16(13)17-7-8-18(28(17)21(25)29)19-14(9-10-22(2,3)4)12-26-20(24)27-19/h5-8,11-12H,1-4H3,(H2,25,29)(H2,24,26,27). The highest BCUT2D eigenvalue weighted by Gasteiger charge is 2.20. The lowest BCUT2D eigenvalue weighted by Crippen LogP contribution is -2.22. The number of anilines is 1. The Morgan fingerprint density at radius 2 is 1.86 bits per heavy atom. The van der Waals surface area contributed by atoms with Gasteiger partial charge in [0.05, 0.1) is 17.0 Å². The highest BCUT2D eigenvalue weighted by Crippen LogP contribution is 2.32. The molecule has 2 aromatic heterocycles. The van der Waals surface area contributed by atoms with Crippen LogP contribution in [-0.2, 0) is 0 Å². The number of halogens is 1. The van der Waals surface area contributed by atoms with Crippen LogP contribution >= 0.6 is 11.6 Å². The van der Waals surface area contributed by atoms with Gasteiger partial charge >= 0.3 is 6.03 Å². The van der Waals surface area contributed by atoms with Crippen molar-refractivity contribution in [2.45, 2.75) is 27.7 Å². The van der Waals surface area contributed by atoms with E-state index in [1.165, 1.54) is 4.57 Å². The third-order valence-corrected chi connectivity index (χ3v) is 4.43. The van der Waals surface area contributed by atoms with Crippen molar-refractivity contribution in [3.05, 3.63) is 52.7 Å². The second-order valence-electron chi connectivity index (χ2n) is 7.73. The zero-order valence-electron chi connectivity index (χ0n) is 16.7. The van der Waals surface area contributed by atoms with Gasteiger partial charge in [-0.2, -0.15) is 0 Å². The van der Waals surface area contributed by atoms with Gasteiger partial charge in [0.25, 0.3) is 0 Å². The SMILES string of the molecule is Cc1ccc(Cl)cc1-c1ccc(-c2nc(N)ncc2C#CC(C)(C)C)n1C(N)=O. The minimum atomic E-state index is -0.647. The maximum absolute atomic E-state index is 12.4. The second kappa shape index (κ2) is 7.61. The third kappa shape index (κ3) is 4.41. The van der Waals surface area contributed by atoms with E-state index >= 15 is 0 Å². The zero-order valence-corrected chi connectivity index (χ0v) is 17.5. The molecule has 6 nitrogen and oxygen atoms in total. The lowest BCUT2D eigenvalue weighted by molar-refractivity contribution is 0.251. The number of carbonyl (C=O) groups is 1. The number of nitrogens with two attached hydrogens (primary N) is 2. The largest absolute Gasteiger partial charge is 0.368 e. The van der Waals surface area contributed by atoms with Crippen molar-refractivity contribution in [2.24, 2.45) is 11.1 Å². The lowest BCUT2D eigenvalue weighted by atomic mass is 9.97. The van der Waals surface area contributed by atoms with Gasteiger partial charge in [0.1, 0.15) is 5.69 Å². The maximum Gasteiger partial charge on any atom is 0.323 e. The summed E-state index contributed by atoms with van der Waals surface area (Å²) in [6.45, 7) is 7.95. The van der Waals surface area contributed by atoms with Crippen LogP contribution < -0.4 is 11.5 Å². The number of amides is 1. The molecule has 4 N–H and O–H groups in total. The summed E-state index contributed by atoms with van der Waals surface area (Å²) in [6, 6.07) is 8.40. The minimum absolute atomic E-state index is 0.0824. The van der Waals surface area contributed by atoms with Gasteiger partial charge in [0.2, 0.25) is 5.95 Å². The van der Waals surface area contributed by atoms with Gasteiger partial charge in [-0.05, 0) is 57.5 Å². The number of hydrogen-bond donors (Lipinski definition) is 2. The predicted molar refractivity (Wildman–Crippen MR) is 116 cm³/mol. The third-order valence-electron chi connectivity index (χ3n) is 4.20. The number of rotatable bonds is 2. The van der Waals surface area contributed by atoms with Crippen molar-refractivity contribution in [1.82, 2.24) is 14.5 Å². The molecule has 29 heavy (non-hydrogen) atoms. The molecule has 1 aromatic carbocycles. The Labute approximate surface area is 174 Å². The average Bonchev–Trinajstić information content (AvgIpc) is 3.07. The number of primary amides is 1. The molecule has 3 rings (SSSR count). The molecule has 3 aromatic rings. The molecule has 0 saturated heterocycles. The van der Waals surface area contributed by atoms with E-state index in [2.05, 4.69) is 21.8 Å². The van der Waals surface area contributed by atoms with Crippen molar-refractivity contribution in [3.63, 3.8) is 0 Å². The normalized spacial score (nSPS) is 11.1. The molecule has 0 radical (unpaired) electrons. The van der Waals surface area contributed by atoms with Crippen molar-refractivity contribution >= 4 is 23.6 Å². The van der Waals surface area contributed by atoms with Gasteiger partial charge in [-0.3, -0.25) is 4.57 Å². The van der Waals surface area contributed by atoms with E-state index in [9.17, 15) is 4.79 Å². The molecule has 7 heteroatoms. The Morgan fingerprint density at radius 1 is 1.17 bits per heavy atom. The van der Waals surface area contributed by atoms with Crippen LogP contribution in [0.5, 0.6) is 0 Å². The van der Waals surface area contributed by atoms with Crippen LogP contribution in [0.15, 0.2) is 36.5 Å². The van der Waals surface area contributed by atoms with E-state index < -0.39 is 6.03 Å². The van der Waals surface area contributed by atoms with Crippen LogP contribution in [0.3, 0.4) is 0 Å². The smallest absolute Gasteiger partial charge is 0.323 e. The van der Waals surface area contributed by atoms with Gasteiger partial charge in [0, 0.05) is 22.2 Å². The van der Waals surface area contributed by atoms with Crippen LogP contribution in [0.25, 0.3) is 22.6 Å². The van der Waals surface area contributed by atoms with E-state index in [-0.39, 0.29) is 11.4 Å². The second-order valence-corrected chi connectivity index (χ2v) is 8.16. The quantitative estimate of drug-likeness (QED) is 0.611. The summed E-state index contributed by atoms with van der Waals surface area (Å²) in [5.74, 6) is 6.34. The molecule has 0 fully saturated rings. The van der Waals surface area contributed by atoms with Gasteiger partial charge in [0.15, 0.2) is 0 Å². The fraction of sp³-hybridized carbons (Fsp3) is 0.227. The molecule has 148 valence electrons. The Balaban J connectivity index is 2.27. The van der Waals surface area contributed by atoms with E-state index in [0.717, 1.165) is 11.1 Å². The highest BCUT2D eigenvalue weighted by atomic mass is 35.5. The van der Waals surface area contributed by atoms with Gasteiger partial charge in [-0.25, -0.2) is 14.8 Å². The molecule has 0 atom stereocenters. The van der Waals surface area contributed by atoms with Crippen LogP contribution in [0.1, 0.15) is 31.9 Å². The number of hydrogen-bond acceptors (Lipinski definition) is 4. The van der Waals surface area contributed by atoms with Crippen LogP contribution in [0.2, 0.25) is 5.02 Å². The predicted octanol–water partition coefficient (Wildman–Crippen LogP) is 4.48. The summed E-state index contributed by atoms with van der Waals surface area (Å²) < 4.78 is 1.39. The molecule has 0 unspecified atom stereocenters. The first kappa shape index (κ1) is 20.4. The van der Waals surface area contributed by atoms with Crippen LogP contribution in [-0.4, -0.2) is 20.6 Å². The van der Waals surface area contributed by atoms with Crippen molar-refractivity contribution in [2.75, 3.05) is 5.73 Å². The average molecular weight is 408 g/mol. The van der Waals surface area contributed by atoms with E-state index in [0.29, 0.717) is 27.7 Å². The molecule has 0 saturated carbocycles. The topological polar surface area (TPSA) is 99.8 Å².